The van der Waals surface area contributed by atoms with Crippen molar-refractivity contribution in [2.45, 2.75) is 25.3 Å². The lowest BCUT2D eigenvalue weighted by molar-refractivity contribution is -0.144. The number of likely N-dealkylation sites (tertiary alicyclic amines) is 1. The van der Waals surface area contributed by atoms with Crippen LogP contribution in [0.5, 0.6) is 0 Å². The zero-order chi connectivity index (χ0) is 13.1. The van der Waals surface area contributed by atoms with Crippen LogP contribution in [0.15, 0.2) is 18.2 Å². The van der Waals surface area contributed by atoms with Crippen molar-refractivity contribution in [3.63, 3.8) is 0 Å². The van der Waals surface area contributed by atoms with Crippen LogP contribution in [-0.2, 0) is 4.79 Å². The molecule has 1 atom stereocenters. The fourth-order valence-corrected chi connectivity index (χ4v) is 2.39. The Morgan fingerprint density at radius 2 is 1.89 bits per heavy atom. The van der Waals surface area contributed by atoms with Gasteiger partial charge in [-0.15, -0.1) is 0 Å². The number of aliphatic carboxylic acids is 1. The molecule has 0 radical (unpaired) electrons. The zero-order valence-electron chi connectivity index (χ0n) is 9.90. The second kappa shape index (κ2) is 5.44. The van der Waals surface area contributed by atoms with E-state index in [1.54, 1.807) is 4.90 Å². The van der Waals surface area contributed by atoms with E-state index in [0.717, 1.165) is 25.3 Å². The summed E-state index contributed by atoms with van der Waals surface area (Å²) in [6, 6.07) is 2.58. The third-order valence-electron chi connectivity index (χ3n) is 3.27. The lowest BCUT2D eigenvalue weighted by Crippen LogP contribution is -2.38. The molecule has 0 aromatic heterocycles. The van der Waals surface area contributed by atoms with Gasteiger partial charge in [0, 0.05) is 5.56 Å². The van der Waals surface area contributed by atoms with Crippen LogP contribution in [0.25, 0.3) is 0 Å². The highest BCUT2D eigenvalue weighted by Crippen LogP contribution is 2.27. The molecule has 1 aliphatic rings. The van der Waals surface area contributed by atoms with E-state index in [2.05, 4.69) is 0 Å². The Kier molecular flexibility index (Phi) is 3.91. The first-order valence-electron chi connectivity index (χ1n) is 6.02. The van der Waals surface area contributed by atoms with E-state index >= 15 is 0 Å². The van der Waals surface area contributed by atoms with Gasteiger partial charge in [-0.2, -0.15) is 0 Å². The Morgan fingerprint density at radius 1 is 1.22 bits per heavy atom. The maximum absolute atomic E-state index is 13.7. The number of carboxylic acid groups (broad SMARTS) is 1. The van der Waals surface area contributed by atoms with E-state index in [9.17, 15) is 18.7 Å². The summed E-state index contributed by atoms with van der Waals surface area (Å²) in [6.07, 6.45) is 2.83. The first-order chi connectivity index (χ1) is 8.61. The number of rotatable bonds is 3. The largest absolute Gasteiger partial charge is 0.480 e. The molecule has 1 aliphatic heterocycles. The number of carboxylic acids is 1. The highest BCUT2D eigenvalue weighted by atomic mass is 19.2. The minimum atomic E-state index is -1.14. The normalized spacial score (nSPS) is 18.6. The van der Waals surface area contributed by atoms with E-state index in [0.29, 0.717) is 13.1 Å². The Hall–Kier alpha value is -1.49. The number of nitrogens with zero attached hydrogens (tertiary/aromatic N) is 1. The summed E-state index contributed by atoms with van der Waals surface area (Å²) < 4.78 is 26.9. The Labute approximate surface area is 104 Å². The van der Waals surface area contributed by atoms with Gasteiger partial charge in [-0.25, -0.2) is 8.78 Å². The molecule has 0 spiro atoms. The molecule has 1 aromatic rings. The third-order valence-corrected chi connectivity index (χ3v) is 3.27. The molecule has 18 heavy (non-hydrogen) atoms. The number of halogens is 2. The van der Waals surface area contributed by atoms with Crippen molar-refractivity contribution in [2.75, 3.05) is 13.1 Å². The number of hydrogen-bond acceptors (Lipinski definition) is 2. The number of piperidine rings is 1. The van der Waals surface area contributed by atoms with Gasteiger partial charge < -0.3 is 5.11 Å². The molecule has 1 N–H and O–H groups in total. The highest BCUT2D eigenvalue weighted by molar-refractivity contribution is 5.75. The molecule has 98 valence electrons. The van der Waals surface area contributed by atoms with Crippen LogP contribution < -0.4 is 0 Å². The Morgan fingerprint density at radius 3 is 2.50 bits per heavy atom. The average molecular weight is 255 g/mol. The van der Waals surface area contributed by atoms with E-state index in [1.165, 1.54) is 12.1 Å². The molecule has 1 aromatic carbocycles. The average Bonchev–Trinajstić information content (AvgIpc) is 2.36. The molecular formula is C13H15F2NO2. The van der Waals surface area contributed by atoms with E-state index in [-0.39, 0.29) is 5.56 Å². The van der Waals surface area contributed by atoms with E-state index < -0.39 is 23.6 Å². The van der Waals surface area contributed by atoms with Crippen LogP contribution in [0.4, 0.5) is 8.78 Å². The van der Waals surface area contributed by atoms with Gasteiger partial charge in [-0.1, -0.05) is 18.6 Å². The van der Waals surface area contributed by atoms with Gasteiger partial charge in [0.05, 0.1) is 0 Å². The smallest absolute Gasteiger partial charge is 0.325 e. The molecule has 1 heterocycles. The van der Waals surface area contributed by atoms with Gasteiger partial charge in [0.15, 0.2) is 11.6 Å². The van der Waals surface area contributed by atoms with Crippen molar-refractivity contribution in [2.24, 2.45) is 0 Å². The Bertz CT molecular complexity index is 445. The third kappa shape index (κ3) is 2.51. The lowest BCUT2D eigenvalue weighted by atomic mass is 10.0. The van der Waals surface area contributed by atoms with Gasteiger partial charge in [-0.3, -0.25) is 9.69 Å². The SMILES string of the molecule is O=C(O)C(c1cccc(F)c1F)N1CCCCC1. The zero-order valence-corrected chi connectivity index (χ0v) is 9.90. The molecule has 5 heteroatoms. The van der Waals surface area contributed by atoms with Crippen LogP contribution >= 0.6 is 0 Å². The fraction of sp³-hybridized carbons (Fsp3) is 0.462. The maximum Gasteiger partial charge on any atom is 0.325 e. The molecule has 0 aliphatic carbocycles. The van der Waals surface area contributed by atoms with Crippen molar-refractivity contribution in [1.29, 1.82) is 0 Å². The summed E-state index contributed by atoms with van der Waals surface area (Å²) in [5, 5.41) is 9.26. The molecular weight excluding hydrogens is 240 g/mol. The highest BCUT2D eigenvalue weighted by Gasteiger charge is 2.31. The van der Waals surface area contributed by atoms with Crippen molar-refractivity contribution < 1.29 is 18.7 Å². The summed E-state index contributed by atoms with van der Waals surface area (Å²) >= 11 is 0. The molecule has 0 bridgehead atoms. The summed E-state index contributed by atoms with van der Waals surface area (Å²) in [6.45, 7) is 1.21. The first kappa shape index (κ1) is 13.0. The molecule has 3 nitrogen and oxygen atoms in total. The van der Waals surface area contributed by atoms with Gasteiger partial charge in [0.25, 0.3) is 0 Å². The molecule has 0 saturated carbocycles. The predicted octanol–water partition coefficient (Wildman–Crippen LogP) is 2.58. The van der Waals surface area contributed by atoms with Crippen molar-refractivity contribution in [1.82, 2.24) is 4.90 Å². The van der Waals surface area contributed by atoms with Crippen LogP contribution in [-0.4, -0.2) is 29.1 Å². The molecule has 1 saturated heterocycles. The van der Waals surface area contributed by atoms with Crippen LogP contribution in [0.2, 0.25) is 0 Å². The minimum absolute atomic E-state index is 0.0931. The first-order valence-corrected chi connectivity index (χ1v) is 6.02. The lowest BCUT2D eigenvalue weighted by Gasteiger charge is -2.32. The van der Waals surface area contributed by atoms with Crippen LogP contribution in [0, 0.1) is 11.6 Å². The standard InChI is InChI=1S/C13H15F2NO2/c14-10-6-4-5-9(11(10)15)12(13(17)18)16-7-2-1-3-8-16/h4-6,12H,1-3,7-8H2,(H,17,18). The second-order valence-corrected chi connectivity index (χ2v) is 4.48. The van der Waals surface area contributed by atoms with Crippen molar-refractivity contribution in [3.05, 3.63) is 35.4 Å². The second-order valence-electron chi connectivity index (χ2n) is 4.48. The van der Waals surface area contributed by atoms with Crippen LogP contribution in [0.3, 0.4) is 0 Å². The van der Waals surface area contributed by atoms with Gasteiger partial charge in [0.1, 0.15) is 6.04 Å². The topological polar surface area (TPSA) is 40.5 Å². The van der Waals surface area contributed by atoms with Gasteiger partial charge >= 0.3 is 5.97 Å². The number of benzene rings is 1. The summed E-state index contributed by atoms with van der Waals surface area (Å²) in [5.74, 6) is -3.20. The quantitative estimate of drug-likeness (QED) is 0.902. The monoisotopic (exact) mass is 255 g/mol. The molecule has 1 unspecified atom stereocenters. The summed E-state index contributed by atoms with van der Waals surface area (Å²) in [4.78, 5) is 13.0. The fourth-order valence-electron chi connectivity index (χ4n) is 2.39. The molecule has 0 amide bonds. The van der Waals surface area contributed by atoms with Gasteiger partial charge in [-0.05, 0) is 32.0 Å². The predicted molar refractivity (Wildman–Crippen MR) is 62.2 cm³/mol. The van der Waals surface area contributed by atoms with E-state index in [4.69, 9.17) is 0 Å². The van der Waals surface area contributed by atoms with Gasteiger partial charge in [0.2, 0.25) is 0 Å². The molecule has 1 fully saturated rings. The number of hydrogen-bond donors (Lipinski definition) is 1. The summed E-state index contributed by atoms with van der Waals surface area (Å²) in [7, 11) is 0. The molecule has 2 rings (SSSR count). The van der Waals surface area contributed by atoms with E-state index in [1.807, 2.05) is 0 Å². The minimum Gasteiger partial charge on any atom is -0.480 e. The summed E-state index contributed by atoms with van der Waals surface area (Å²) in [5.41, 5.74) is -0.0931. The van der Waals surface area contributed by atoms with Crippen LogP contribution in [0.1, 0.15) is 30.9 Å². The van der Waals surface area contributed by atoms with Crippen molar-refractivity contribution in [3.8, 4) is 0 Å². The maximum atomic E-state index is 13.7. The Balaban J connectivity index is 2.34. The number of carbonyl (C=O) groups is 1. The van der Waals surface area contributed by atoms with Crippen molar-refractivity contribution >= 4 is 5.97 Å².